The molecule has 0 amide bonds. The van der Waals surface area contributed by atoms with Gasteiger partial charge >= 0.3 is 6.01 Å². The van der Waals surface area contributed by atoms with E-state index in [1.165, 1.54) is 18.9 Å². The van der Waals surface area contributed by atoms with Gasteiger partial charge in [0, 0.05) is 12.6 Å². The smallest absolute Gasteiger partial charge is 0.318 e. The van der Waals surface area contributed by atoms with E-state index in [1.54, 1.807) is 13.2 Å². The van der Waals surface area contributed by atoms with Gasteiger partial charge in [0.05, 0.1) is 20.4 Å². The summed E-state index contributed by atoms with van der Waals surface area (Å²) in [5.74, 6) is 1.32. The third-order valence-corrected chi connectivity index (χ3v) is 3.47. The molecule has 0 bridgehead atoms. The highest BCUT2D eigenvalue weighted by Crippen LogP contribution is 2.17. The summed E-state index contributed by atoms with van der Waals surface area (Å²) in [6.45, 7) is 4.03. The predicted molar refractivity (Wildman–Crippen MR) is 105 cm³/mol. The van der Waals surface area contributed by atoms with Crippen molar-refractivity contribution in [3.05, 3.63) is 47.8 Å². The summed E-state index contributed by atoms with van der Waals surface area (Å²) < 4.78 is 10.2. The standard InChI is InChI=1S/C18H22N4O3.CH4/c1-19-12-16(23)15-11-17(22-18(21-15)25-3)20-10-4-5-13-6-8-14(24-2)9-7-13;/h6-9,11-12,23H,1,4-5,10H2,2-3H3,(H,20,21,22);1H4/b16-12-;. The number of hydrogen-bond acceptors (Lipinski definition) is 7. The van der Waals surface area contributed by atoms with Crippen LogP contribution in [0.2, 0.25) is 0 Å². The Labute approximate surface area is 154 Å². The first-order chi connectivity index (χ1) is 12.2. The maximum absolute atomic E-state index is 9.87. The van der Waals surface area contributed by atoms with Gasteiger partial charge in [0.1, 0.15) is 17.3 Å². The van der Waals surface area contributed by atoms with E-state index in [0.29, 0.717) is 11.5 Å². The summed E-state index contributed by atoms with van der Waals surface area (Å²) in [5.41, 5.74) is 1.55. The molecule has 0 aliphatic heterocycles. The second kappa shape index (κ2) is 10.7. The Hall–Kier alpha value is -3.09. The molecule has 0 saturated heterocycles. The number of aliphatic hydroxyl groups is 1. The van der Waals surface area contributed by atoms with Crippen LogP contribution in [0.4, 0.5) is 5.82 Å². The van der Waals surface area contributed by atoms with Gasteiger partial charge < -0.3 is 19.9 Å². The lowest BCUT2D eigenvalue weighted by Gasteiger charge is -2.09. The van der Waals surface area contributed by atoms with Crippen LogP contribution in [-0.4, -0.2) is 42.6 Å². The minimum atomic E-state index is -0.100. The molecule has 140 valence electrons. The molecule has 0 fully saturated rings. The van der Waals surface area contributed by atoms with Crippen molar-refractivity contribution in [1.82, 2.24) is 9.97 Å². The molecule has 1 aromatic carbocycles. The van der Waals surface area contributed by atoms with Gasteiger partial charge in [-0.25, -0.2) is 0 Å². The van der Waals surface area contributed by atoms with E-state index in [2.05, 4.69) is 39.1 Å². The summed E-state index contributed by atoms with van der Waals surface area (Å²) >= 11 is 0. The number of ether oxygens (including phenoxy) is 2. The van der Waals surface area contributed by atoms with Gasteiger partial charge in [0.2, 0.25) is 0 Å². The van der Waals surface area contributed by atoms with Crippen LogP contribution < -0.4 is 14.8 Å². The lowest BCUT2D eigenvalue weighted by Crippen LogP contribution is -2.07. The Morgan fingerprint density at radius 2 is 1.96 bits per heavy atom. The first-order valence-corrected chi connectivity index (χ1v) is 7.81. The van der Waals surface area contributed by atoms with Crippen molar-refractivity contribution in [1.29, 1.82) is 0 Å². The Morgan fingerprint density at radius 3 is 2.58 bits per heavy atom. The van der Waals surface area contributed by atoms with Crippen molar-refractivity contribution >= 4 is 18.3 Å². The van der Waals surface area contributed by atoms with Crippen molar-refractivity contribution < 1.29 is 14.6 Å². The van der Waals surface area contributed by atoms with Crippen LogP contribution in [0.1, 0.15) is 25.1 Å². The number of aromatic nitrogens is 2. The molecule has 1 heterocycles. The summed E-state index contributed by atoms with van der Waals surface area (Å²) in [6, 6.07) is 9.80. The fraction of sp³-hybridized carbons (Fsp3) is 0.316. The Bertz CT molecular complexity index is 730. The molecule has 2 rings (SSSR count). The predicted octanol–water partition coefficient (Wildman–Crippen LogP) is 3.73. The molecule has 0 aliphatic rings. The number of nitrogens with one attached hydrogen (secondary N) is 1. The van der Waals surface area contributed by atoms with Gasteiger partial charge in [-0.2, -0.15) is 9.97 Å². The Morgan fingerprint density at radius 1 is 1.23 bits per heavy atom. The normalized spacial score (nSPS) is 10.6. The molecule has 0 spiro atoms. The highest BCUT2D eigenvalue weighted by Gasteiger charge is 2.08. The van der Waals surface area contributed by atoms with E-state index in [4.69, 9.17) is 9.47 Å². The topological polar surface area (TPSA) is 88.9 Å². The number of anilines is 1. The van der Waals surface area contributed by atoms with Gasteiger partial charge in [-0.1, -0.05) is 19.6 Å². The molecule has 2 N–H and O–H groups in total. The Balaban J connectivity index is 0.00000338. The van der Waals surface area contributed by atoms with Crippen LogP contribution >= 0.6 is 0 Å². The molecule has 0 radical (unpaired) electrons. The number of nitrogens with zero attached hydrogens (tertiary/aromatic N) is 3. The molecule has 0 aliphatic carbocycles. The monoisotopic (exact) mass is 358 g/mol. The van der Waals surface area contributed by atoms with Crippen LogP contribution in [0.3, 0.4) is 0 Å². The highest BCUT2D eigenvalue weighted by molar-refractivity contribution is 5.59. The minimum Gasteiger partial charge on any atom is -0.504 e. The van der Waals surface area contributed by atoms with Crippen LogP contribution in [0, 0.1) is 0 Å². The first kappa shape index (κ1) is 21.0. The number of aliphatic hydroxyl groups excluding tert-OH is 1. The molecular weight excluding hydrogens is 332 g/mol. The fourth-order valence-electron chi connectivity index (χ4n) is 2.19. The third-order valence-electron chi connectivity index (χ3n) is 3.47. The lowest BCUT2D eigenvalue weighted by molar-refractivity contribution is 0.378. The summed E-state index contributed by atoms with van der Waals surface area (Å²) in [5, 5.41) is 13.1. The van der Waals surface area contributed by atoms with Crippen molar-refractivity contribution in [2.75, 3.05) is 26.1 Å². The van der Waals surface area contributed by atoms with Gasteiger partial charge in [0.15, 0.2) is 5.76 Å². The van der Waals surface area contributed by atoms with Crippen LogP contribution in [0.5, 0.6) is 11.8 Å². The zero-order valence-electron chi connectivity index (χ0n) is 14.4. The molecule has 7 heteroatoms. The SMILES string of the molecule is C.C=N/C=C(\O)c1cc(NCCCc2ccc(OC)cc2)nc(OC)n1. The van der Waals surface area contributed by atoms with Gasteiger partial charge in [-0.3, -0.25) is 4.99 Å². The fourth-order valence-corrected chi connectivity index (χ4v) is 2.19. The lowest BCUT2D eigenvalue weighted by atomic mass is 10.1. The molecule has 2 aromatic rings. The van der Waals surface area contributed by atoms with Crippen molar-refractivity contribution in [3.8, 4) is 11.8 Å². The number of hydrogen-bond donors (Lipinski definition) is 2. The number of methoxy groups -OCH3 is 2. The second-order valence-corrected chi connectivity index (χ2v) is 5.20. The molecular formula is C19H26N4O3. The number of rotatable bonds is 9. The number of benzene rings is 1. The largest absolute Gasteiger partial charge is 0.504 e. The summed E-state index contributed by atoms with van der Waals surface area (Å²) in [6.07, 6.45) is 3.07. The average molecular weight is 358 g/mol. The summed E-state index contributed by atoms with van der Waals surface area (Å²) in [4.78, 5) is 11.8. The van der Waals surface area contributed by atoms with Crippen LogP contribution in [0.25, 0.3) is 5.76 Å². The first-order valence-electron chi connectivity index (χ1n) is 7.81. The van der Waals surface area contributed by atoms with E-state index in [9.17, 15) is 5.11 Å². The maximum Gasteiger partial charge on any atom is 0.318 e. The van der Waals surface area contributed by atoms with E-state index in [1.807, 2.05) is 12.1 Å². The molecule has 0 saturated carbocycles. The third kappa shape index (κ3) is 6.08. The van der Waals surface area contributed by atoms with E-state index in [-0.39, 0.29) is 19.2 Å². The highest BCUT2D eigenvalue weighted by atomic mass is 16.5. The van der Waals surface area contributed by atoms with E-state index in [0.717, 1.165) is 25.1 Å². The minimum absolute atomic E-state index is 0. The summed E-state index contributed by atoms with van der Waals surface area (Å²) in [7, 11) is 3.13. The van der Waals surface area contributed by atoms with E-state index >= 15 is 0 Å². The zero-order chi connectivity index (χ0) is 18.1. The van der Waals surface area contributed by atoms with Crippen LogP contribution in [-0.2, 0) is 6.42 Å². The van der Waals surface area contributed by atoms with Crippen LogP contribution in [0.15, 0.2) is 41.5 Å². The van der Waals surface area contributed by atoms with Crippen molar-refractivity contribution in [2.24, 2.45) is 4.99 Å². The number of aryl methyl sites for hydroxylation is 1. The quantitative estimate of drug-likeness (QED) is 0.403. The van der Waals surface area contributed by atoms with Gasteiger partial charge in [0.25, 0.3) is 0 Å². The maximum atomic E-state index is 9.87. The zero-order valence-corrected chi connectivity index (χ0v) is 14.4. The second-order valence-electron chi connectivity index (χ2n) is 5.20. The molecule has 0 atom stereocenters. The van der Waals surface area contributed by atoms with Gasteiger partial charge in [-0.05, 0) is 37.3 Å². The van der Waals surface area contributed by atoms with Crippen molar-refractivity contribution in [2.45, 2.75) is 20.3 Å². The molecule has 7 nitrogen and oxygen atoms in total. The Kier molecular flexibility index (Phi) is 8.63. The average Bonchev–Trinajstić information content (AvgIpc) is 2.65. The molecule has 1 aromatic heterocycles. The molecule has 0 unspecified atom stereocenters. The molecule has 26 heavy (non-hydrogen) atoms. The van der Waals surface area contributed by atoms with Gasteiger partial charge in [-0.15, -0.1) is 0 Å². The van der Waals surface area contributed by atoms with Crippen molar-refractivity contribution in [3.63, 3.8) is 0 Å². The van der Waals surface area contributed by atoms with E-state index < -0.39 is 0 Å². The number of aliphatic imine (C=N–C) groups is 1.